The Balaban J connectivity index is 2.78. The van der Waals surface area contributed by atoms with Crippen molar-refractivity contribution < 1.29 is 16.8 Å². The van der Waals surface area contributed by atoms with Gasteiger partial charge in [-0.3, -0.25) is 0 Å². The topological polar surface area (TPSA) is 68.3 Å². The van der Waals surface area contributed by atoms with Crippen molar-refractivity contribution in [3.8, 4) is 0 Å². The number of hydrogen-bond donors (Lipinski definition) is 0. The highest BCUT2D eigenvalue weighted by molar-refractivity contribution is 8.16. The SMILES string of the molecule is C=C(CC1CCCCS1(=O)=O)S(=O)(=O)Cl. The van der Waals surface area contributed by atoms with Crippen molar-refractivity contribution in [2.75, 3.05) is 5.75 Å². The normalized spacial score (nSPS) is 26.1. The van der Waals surface area contributed by atoms with Gasteiger partial charge in [0.25, 0.3) is 9.05 Å². The Morgan fingerprint density at radius 3 is 2.47 bits per heavy atom. The summed E-state index contributed by atoms with van der Waals surface area (Å²) in [6.07, 6.45) is 1.88. The van der Waals surface area contributed by atoms with Crippen LogP contribution in [0.5, 0.6) is 0 Å². The summed E-state index contributed by atoms with van der Waals surface area (Å²) in [6.45, 7) is 3.30. The van der Waals surface area contributed by atoms with E-state index in [1.807, 2.05) is 0 Å². The Morgan fingerprint density at radius 2 is 2.00 bits per heavy atom. The van der Waals surface area contributed by atoms with E-state index in [1.54, 1.807) is 0 Å². The minimum Gasteiger partial charge on any atom is -0.229 e. The van der Waals surface area contributed by atoms with Gasteiger partial charge in [0.1, 0.15) is 0 Å². The first-order chi connectivity index (χ1) is 6.73. The average Bonchev–Trinajstić information content (AvgIpc) is 2.06. The first-order valence-electron chi connectivity index (χ1n) is 4.57. The minimum atomic E-state index is -3.84. The maximum absolute atomic E-state index is 11.6. The van der Waals surface area contributed by atoms with E-state index in [4.69, 9.17) is 10.7 Å². The molecule has 0 aliphatic carbocycles. The van der Waals surface area contributed by atoms with Gasteiger partial charge in [-0.05, 0) is 12.8 Å². The number of sulfone groups is 1. The molecule has 0 N–H and O–H groups in total. The molecule has 1 saturated heterocycles. The molecule has 7 heteroatoms. The van der Waals surface area contributed by atoms with Gasteiger partial charge < -0.3 is 0 Å². The van der Waals surface area contributed by atoms with E-state index >= 15 is 0 Å². The Hall–Kier alpha value is -0.0700. The molecule has 0 spiro atoms. The molecule has 1 heterocycles. The molecule has 88 valence electrons. The molecule has 15 heavy (non-hydrogen) atoms. The fourth-order valence-electron chi connectivity index (χ4n) is 1.60. The zero-order chi connectivity index (χ0) is 11.7. The van der Waals surface area contributed by atoms with Gasteiger partial charge in [0.2, 0.25) is 0 Å². The summed E-state index contributed by atoms with van der Waals surface area (Å²) in [6, 6.07) is 0. The van der Waals surface area contributed by atoms with Crippen molar-refractivity contribution in [3.63, 3.8) is 0 Å². The second-order valence-corrected chi connectivity index (χ2v) is 8.74. The maximum Gasteiger partial charge on any atom is 0.256 e. The van der Waals surface area contributed by atoms with E-state index in [2.05, 4.69) is 6.58 Å². The van der Waals surface area contributed by atoms with Gasteiger partial charge in [-0.2, -0.15) is 0 Å². The van der Waals surface area contributed by atoms with Crippen LogP contribution in [0.25, 0.3) is 0 Å². The number of hydrogen-bond acceptors (Lipinski definition) is 4. The second kappa shape index (κ2) is 4.43. The molecule has 0 aromatic carbocycles. The Labute approximate surface area is 94.7 Å². The van der Waals surface area contributed by atoms with Crippen LogP contribution in [-0.4, -0.2) is 27.8 Å². The molecule has 0 amide bonds. The highest BCUT2D eigenvalue weighted by Gasteiger charge is 2.31. The minimum absolute atomic E-state index is 0.0752. The second-order valence-electron chi connectivity index (χ2n) is 3.67. The summed E-state index contributed by atoms with van der Waals surface area (Å²) >= 11 is 0. The van der Waals surface area contributed by atoms with Gasteiger partial charge in [-0.15, -0.1) is 0 Å². The fraction of sp³-hybridized carbons (Fsp3) is 0.750. The first kappa shape index (κ1) is 13.0. The van der Waals surface area contributed by atoms with Crippen LogP contribution in [-0.2, 0) is 18.9 Å². The summed E-state index contributed by atoms with van der Waals surface area (Å²) in [5.74, 6) is 0.132. The van der Waals surface area contributed by atoms with Crippen molar-refractivity contribution in [2.24, 2.45) is 0 Å². The van der Waals surface area contributed by atoms with Crippen molar-refractivity contribution in [3.05, 3.63) is 11.5 Å². The third-order valence-corrected chi connectivity index (χ3v) is 6.30. The van der Waals surface area contributed by atoms with E-state index in [0.29, 0.717) is 12.8 Å². The molecule has 1 atom stereocenters. The van der Waals surface area contributed by atoms with E-state index in [9.17, 15) is 16.8 Å². The number of allylic oxidation sites excluding steroid dienone is 1. The zero-order valence-corrected chi connectivity index (χ0v) is 10.5. The molecule has 1 fully saturated rings. The molecule has 1 rings (SSSR count). The van der Waals surface area contributed by atoms with Gasteiger partial charge >= 0.3 is 0 Å². The van der Waals surface area contributed by atoms with E-state index in [0.717, 1.165) is 6.42 Å². The lowest BCUT2D eigenvalue weighted by molar-refractivity contribution is 0.538. The van der Waals surface area contributed by atoms with Gasteiger partial charge in [0.15, 0.2) is 9.84 Å². The van der Waals surface area contributed by atoms with Crippen LogP contribution in [0.4, 0.5) is 0 Å². The summed E-state index contributed by atoms with van der Waals surface area (Å²) in [4.78, 5) is -0.209. The van der Waals surface area contributed by atoms with Crippen LogP contribution in [0.1, 0.15) is 25.7 Å². The van der Waals surface area contributed by atoms with Crippen LogP contribution in [0.2, 0.25) is 0 Å². The van der Waals surface area contributed by atoms with E-state index in [1.165, 1.54) is 0 Å². The van der Waals surface area contributed by atoms with Gasteiger partial charge in [-0.25, -0.2) is 16.8 Å². The number of halogens is 1. The molecule has 4 nitrogen and oxygen atoms in total. The molecule has 0 aromatic rings. The van der Waals surface area contributed by atoms with E-state index < -0.39 is 24.1 Å². The fourth-order valence-corrected chi connectivity index (χ4v) is 4.22. The Bertz CT molecular complexity index is 449. The van der Waals surface area contributed by atoms with Gasteiger partial charge in [-0.1, -0.05) is 13.0 Å². The van der Waals surface area contributed by atoms with Gasteiger partial charge in [0, 0.05) is 17.1 Å². The predicted octanol–water partition coefficient (Wildman–Crippen LogP) is 1.43. The van der Waals surface area contributed by atoms with E-state index in [-0.39, 0.29) is 17.1 Å². The monoisotopic (exact) mass is 272 g/mol. The third-order valence-electron chi connectivity index (χ3n) is 2.51. The Morgan fingerprint density at radius 1 is 1.40 bits per heavy atom. The Kier molecular flexibility index (Phi) is 3.84. The predicted molar refractivity (Wildman–Crippen MR) is 60.0 cm³/mol. The summed E-state index contributed by atoms with van der Waals surface area (Å²) in [5.41, 5.74) is 0. The summed E-state index contributed by atoms with van der Waals surface area (Å²) in [7, 11) is -1.93. The van der Waals surface area contributed by atoms with Crippen molar-refractivity contribution in [1.29, 1.82) is 0 Å². The average molecular weight is 273 g/mol. The molecule has 0 bridgehead atoms. The first-order valence-corrected chi connectivity index (χ1v) is 8.60. The van der Waals surface area contributed by atoms with Crippen LogP contribution in [0, 0.1) is 0 Å². The lowest BCUT2D eigenvalue weighted by Gasteiger charge is -2.22. The molecular formula is C8H13ClO4S2. The molecule has 1 aliphatic heterocycles. The highest BCUT2D eigenvalue weighted by atomic mass is 35.7. The lowest BCUT2D eigenvalue weighted by atomic mass is 10.1. The quantitative estimate of drug-likeness (QED) is 0.729. The molecule has 1 aliphatic rings. The van der Waals surface area contributed by atoms with Crippen molar-refractivity contribution in [1.82, 2.24) is 0 Å². The lowest BCUT2D eigenvalue weighted by Crippen LogP contribution is -2.29. The van der Waals surface area contributed by atoms with Crippen LogP contribution < -0.4 is 0 Å². The highest BCUT2D eigenvalue weighted by Crippen LogP contribution is 2.27. The summed E-state index contributed by atoms with van der Waals surface area (Å²) in [5, 5.41) is -0.632. The van der Waals surface area contributed by atoms with Crippen LogP contribution >= 0.6 is 10.7 Å². The van der Waals surface area contributed by atoms with Gasteiger partial charge in [0.05, 0.1) is 15.9 Å². The molecule has 1 unspecified atom stereocenters. The summed E-state index contributed by atoms with van der Waals surface area (Å²) < 4.78 is 44.9. The van der Waals surface area contributed by atoms with Crippen LogP contribution in [0.3, 0.4) is 0 Å². The standard InChI is InChI=1S/C8H13ClO4S2/c1-7(15(9,12)13)6-8-4-2-3-5-14(8,10)11/h8H,1-6H2. The maximum atomic E-state index is 11.6. The smallest absolute Gasteiger partial charge is 0.229 e. The van der Waals surface area contributed by atoms with Crippen molar-refractivity contribution >= 4 is 29.6 Å². The largest absolute Gasteiger partial charge is 0.256 e. The number of rotatable bonds is 3. The third kappa shape index (κ3) is 3.46. The molecule has 0 radical (unpaired) electrons. The van der Waals surface area contributed by atoms with Crippen LogP contribution in [0.15, 0.2) is 11.5 Å². The molecule has 0 aromatic heterocycles. The molecular weight excluding hydrogens is 260 g/mol. The van der Waals surface area contributed by atoms with Crippen molar-refractivity contribution in [2.45, 2.75) is 30.9 Å². The zero-order valence-electron chi connectivity index (χ0n) is 8.15. The molecule has 0 saturated carbocycles.